The topological polar surface area (TPSA) is 124 Å². The van der Waals surface area contributed by atoms with Gasteiger partial charge in [0.25, 0.3) is 0 Å². The largest absolute Gasteiger partial charge is 0.465 e. The zero-order valence-corrected chi connectivity index (χ0v) is 21.8. The maximum atomic E-state index is 12.5. The molecule has 2 fully saturated rings. The van der Waals surface area contributed by atoms with E-state index >= 15 is 0 Å². The van der Waals surface area contributed by atoms with E-state index in [2.05, 4.69) is 6.92 Å². The number of ether oxygens (including phenoxy) is 1. The average molecular weight is 497 g/mol. The normalized spacial score (nSPS) is 25.1. The Morgan fingerprint density at radius 2 is 1.89 bits per heavy atom. The molecule has 0 radical (unpaired) electrons. The lowest BCUT2D eigenvalue weighted by Crippen LogP contribution is -2.41. The number of carbonyl (C=O) groups excluding carboxylic acids is 2. The van der Waals surface area contributed by atoms with E-state index in [1.807, 2.05) is 12.2 Å². The smallest absolute Gasteiger partial charge is 0.305 e. The molecule has 2 aliphatic carbocycles. The molecular weight excluding hydrogens is 448 g/mol. The third-order valence-corrected chi connectivity index (χ3v) is 8.25. The molecule has 7 heteroatoms. The van der Waals surface area contributed by atoms with Gasteiger partial charge in [-0.15, -0.1) is 0 Å². The van der Waals surface area contributed by atoms with Crippen molar-refractivity contribution >= 4 is 11.8 Å². The van der Waals surface area contributed by atoms with Gasteiger partial charge in [0.05, 0.1) is 25.4 Å². The summed E-state index contributed by atoms with van der Waals surface area (Å²) in [4.78, 5) is 24.3. The van der Waals surface area contributed by atoms with Crippen molar-refractivity contribution in [2.45, 2.75) is 110 Å². The molecule has 0 amide bonds. The maximum absolute atomic E-state index is 12.5. The van der Waals surface area contributed by atoms with E-state index in [1.54, 1.807) is 6.92 Å². The van der Waals surface area contributed by atoms with Gasteiger partial charge in [-0.25, -0.2) is 0 Å². The maximum Gasteiger partial charge on any atom is 0.305 e. The van der Waals surface area contributed by atoms with Crippen LogP contribution in [0.2, 0.25) is 0 Å². The van der Waals surface area contributed by atoms with Crippen LogP contribution in [0, 0.1) is 22.7 Å². The monoisotopic (exact) mass is 496 g/mol. The van der Waals surface area contributed by atoms with Crippen LogP contribution in [0.3, 0.4) is 0 Å². The van der Waals surface area contributed by atoms with Crippen LogP contribution in [0.25, 0.3) is 0 Å². The SMILES string of the molecule is CCCC1(C(O)CC=C[C@H]2[C@H](O)CC(=O)[C@@H]2CCCCCCC(=O)OCC(C)(CO)CO)CCC1. The van der Waals surface area contributed by atoms with E-state index in [0.29, 0.717) is 19.3 Å². The first-order valence-corrected chi connectivity index (χ1v) is 13.6. The minimum atomic E-state index is -0.814. The van der Waals surface area contributed by atoms with Crippen LogP contribution in [0.1, 0.15) is 97.3 Å². The number of aliphatic hydroxyl groups is 4. The van der Waals surface area contributed by atoms with Gasteiger partial charge in [0.15, 0.2) is 0 Å². The summed E-state index contributed by atoms with van der Waals surface area (Å²) in [5.41, 5.74) is -0.752. The van der Waals surface area contributed by atoms with Gasteiger partial charge in [0.1, 0.15) is 12.4 Å². The molecule has 0 spiro atoms. The van der Waals surface area contributed by atoms with Crippen LogP contribution in [0.15, 0.2) is 12.2 Å². The Kier molecular flexibility index (Phi) is 12.4. The summed E-state index contributed by atoms with van der Waals surface area (Å²) in [5.74, 6) is -0.567. The molecule has 2 rings (SSSR count). The summed E-state index contributed by atoms with van der Waals surface area (Å²) in [6.07, 6.45) is 13.5. The van der Waals surface area contributed by atoms with E-state index in [-0.39, 0.29) is 61.3 Å². The van der Waals surface area contributed by atoms with Gasteiger partial charge in [0.2, 0.25) is 0 Å². The lowest BCUT2D eigenvalue weighted by atomic mass is 9.62. The van der Waals surface area contributed by atoms with Crippen molar-refractivity contribution in [1.82, 2.24) is 0 Å². The summed E-state index contributed by atoms with van der Waals surface area (Å²) >= 11 is 0. The van der Waals surface area contributed by atoms with Gasteiger partial charge in [0, 0.05) is 30.1 Å². The summed E-state index contributed by atoms with van der Waals surface area (Å²) in [6.45, 7) is 3.31. The molecule has 4 N–H and O–H groups in total. The molecule has 0 aliphatic heterocycles. The molecule has 0 aromatic heterocycles. The first-order chi connectivity index (χ1) is 16.7. The fourth-order valence-electron chi connectivity index (χ4n) is 5.54. The minimum Gasteiger partial charge on any atom is -0.465 e. The Labute approximate surface area is 211 Å². The number of hydrogen-bond donors (Lipinski definition) is 4. The van der Waals surface area contributed by atoms with E-state index in [4.69, 9.17) is 4.74 Å². The van der Waals surface area contributed by atoms with Crippen molar-refractivity contribution in [3.05, 3.63) is 12.2 Å². The second kappa shape index (κ2) is 14.5. The predicted octanol–water partition coefficient (Wildman–Crippen LogP) is 3.70. The lowest BCUT2D eigenvalue weighted by Gasteiger charge is -2.45. The number of hydrogen-bond acceptors (Lipinski definition) is 7. The molecule has 2 saturated carbocycles. The highest BCUT2D eigenvalue weighted by atomic mass is 16.5. The first-order valence-electron chi connectivity index (χ1n) is 13.6. The Morgan fingerprint density at radius 1 is 1.20 bits per heavy atom. The Morgan fingerprint density at radius 3 is 2.49 bits per heavy atom. The highest BCUT2D eigenvalue weighted by molar-refractivity contribution is 5.84. The second-order valence-corrected chi connectivity index (χ2v) is 11.3. The molecule has 0 aromatic carbocycles. The summed E-state index contributed by atoms with van der Waals surface area (Å²) in [6, 6.07) is 0. The summed E-state index contributed by atoms with van der Waals surface area (Å²) in [7, 11) is 0. The third kappa shape index (κ3) is 8.66. The highest BCUT2D eigenvalue weighted by Crippen LogP contribution is 2.48. The average Bonchev–Trinajstić information content (AvgIpc) is 3.08. The fraction of sp³-hybridized carbons (Fsp3) is 0.857. The number of carbonyl (C=O) groups is 2. The summed E-state index contributed by atoms with van der Waals surface area (Å²) < 4.78 is 5.16. The molecule has 1 unspecified atom stereocenters. The van der Waals surface area contributed by atoms with Crippen LogP contribution in [0.5, 0.6) is 0 Å². The van der Waals surface area contributed by atoms with E-state index < -0.39 is 11.5 Å². The van der Waals surface area contributed by atoms with Gasteiger partial charge in [-0.05, 0) is 43.9 Å². The zero-order valence-electron chi connectivity index (χ0n) is 21.8. The number of aliphatic hydroxyl groups excluding tert-OH is 4. The number of esters is 1. The third-order valence-electron chi connectivity index (χ3n) is 8.25. The number of Topliss-reactive ketones (excluding diaryl/α,β-unsaturated/α-hetero) is 1. The Hall–Kier alpha value is -1.28. The van der Waals surface area contributed by atoms with Crippen LogP contribution >= 0.6 is 0 Å². The van der Waals surface area contributed by atoms with Gasteiger partial charge >= 0.3 is 5.97 Å². The van der Waals surface area contributed by atoms with E-state index in [0.717, 1.165) is 51.4 Å². The van der Waals surface area contributed by atoms with Crippen molar-refractivity contribution in [1.29, 1.82) is 0 Å². The minimum absolute atomic E-state index is 0.00350. The Bertz CT molecular complexity index is 681. The molecule has 0 bridgehead atoms. The predicted molar refractivity (Wildman–Crippen MR) is 135 cm³/mol. The standard InChI is InChI=1S/C28H48O7/c1-3-14-28(15-9-16-28)25(33)12-8-11-22-21(23(31)17-24(22)32)10-6-4-5-7-13-26(34)35-20-27(2,18-29)19-30/h8,11,21-22,24-25,29-30,32-33H,3-7,9-10,12-20H2,1-2H3/t21-,22-,24-,25?/m1/s1. The highest BCUT2D eigenvalue weighted by Gasteiger charge is 2.42. The fourth-order valence-corrected chi connectivity index (χ4v) is 5.54. The first kappa shape index (κ1) is 29.9. The number of rotatable bonds is 17. The zero-order chi connectivity index (χ0) is 25.9. The molecule has 4 atom stereocenters. The lowest BCUT2D eigenvalue weighted by molar-refractivity contribution is -0.149. The van der Waals surface area contributed by atoms with E-state index in [9.17, 15) is 30.0 Å². The molecule has 202 valence electrons. The molecule has 0 aromatic rings. The molecule has 0 saturated heterocycles. The van der Waals surface area contributed by atoms with Gasteiger partial charge < -0.3 is 25.2 Å². The van der Waals surface area contributed by atoms with Crippen molar-refractivity contribution in [2.24, 2.45) is 22.7 Å². The van der Waals surface area contributed by atoms with Crippen LogP contribution < -0.4 is 0 Å². The number of ketones is 1. The quantitative estimate of drug-likeness (QED) is 0.137. The van der Waals surface area contributed by atoms with Crippen LogP contribution in [-0.4, -0.2) is 64.2 Å². The van der Waals surface area contributed by atoms with Crippen LogP contribution in [-0.2, 0) is 14.3 Å². The summed E-state index contributed by atoms with van der Waals surface area (Å²) in [5, 5.41) is 39.6. The van der Waals surface area contributed by atoms with Crippen molar-refractivity contribution in [3.63, 3.8) is 0 Å². The van der Waals surface area contributed by atoms with Gasteiger partial charge in [-0.3, -0.25) is 9.59 Å². The van der Waals surface area contributed by atoms with E-state index in [1.165, 1.54) is 6.42 Å². The van der Waals surface area contributed by atoms with Crippen molar-refractivity contribution in [3.8, 4) is 0 Å². The van der Waals surface area contributed by atoms with Crippen LogP contribution in [0.4, 0.5) is 0 Å². The van der Waals surface area contributed by atoms with Gasteiger partial charge in [-0.2, -0.15) is 0 Å². The molecule has 7 nitrogen and oxygen atoms in total. The second-order valence-electron chi connectivity index (χ2n) is 11.3. The molecule has 35 heavy (non-hydrogen) atoms. The Balaban J connectivity index is 1.69. The molecular formula is C28H48O7. The van der Waals surface area contributed by atoms with Gasteiger partial charge in [-0.1, -0.05) is 58.1 Å². The van der Waals surface area contributed by atoms with Crippen molar-refractivity contribution < 1.29 is 34.8 Å². The number of unbranched alkanes of at least 4 members (excludes halogenated alkanes) is 3. The molecule has 2 aliphatic rings. The molecule has 0 heterocycles. The van der Waals surface area contributed by atoms with Crippen molar-refractivity contribution in [2.75, 3.05) is 19.8 Å².